The number of rotatable bonds is 6. The standard InChI is InChI=1S/C19H17ClF5NO4S/c1-19(2,3)30-12(27)9-26(8-10-6-4-5-7-11(10)21)31(28,29)18-13(20)14(22)15(23)16(24)17(18)25/h4-7H,8-9H2,1-3H3. The van der Waals surface area contributed by atoms with Crippen LogP contribution in [0.1, 0.15) is 26.3 Å². The first kappa shape index (κ1) is 25.0. The number of esters is 1. The van der Waals surface area contributed by atoms with Crippen LogP contribution in [0.15, 0.2) is 29.2 Å². The highest BCUT2D eigenvalue weighted by molar-refractivity contribution is 7.89. The van der Waals surface area contributed by atoms with Gasteiger partial charge in [-0.3, -0.25) is 4.79 Å². The molecule has 0 saturated carbocycles. The van der Waals surface area contributed by atoms with Gasteiger partial charge in [-0.05, 0) is 26.8 Å². The minimum Gasteiger partial charge on any atom is -0.459 e. The third-order valence-electron chi connectivity index (χ3n) is 3.80. The third-order valence-corrected chi connectivity index (χ3v) is 6.10. The maximum Gasteiger partial charge on any atom is 0.321 e. The summed E-state index contributed by atoms with van der Waals surface area (Å²) in [5.74, 6) is -11.1. The molecule has 0 spiro atoms. The van der Waals surface area contributed by atoms with E-state index in [1.807, 2.05) is 0 Å². The summed E-state index contributed by atoms with van der Waals surface area (Å²) in [7, 11) is -5.28. The highest BCUT2D eigenvalue weighted by Gasteiger charge is 2.38. The molecule has 0 aliphatic rings. The van der Waals surface area contributed by atoms with Crippen molar-refractivity contribution in [3.8, 4) is 0 Å². The van der Waals surface area contributed by atoms with Crippen molar-refractivity contribution < 1.29 is 39.9 Å². The maximum absolute atomic E-state index is 14.3. The van der Waals surface area contributed by atoms with Crippen LogP contribution < -0.4 is 0 Å². The van der Waals surface area contributed by atoms with E-state index in [0.717, 1.165) is 6.07 Å². The van der Waals surface area contributed by atoms with E-state index < -0.39 is 73.7 Å². The van der Waals surface area contributed by atoms with Gasteiger partial charge in [0.1, 0.15) is 27.9 Å². The van der Waals surface area contributed by atoms with Crippen molar-refractivity contribution in [2.45, 2.75) is 37.8 Å². The van der Waals surface area contributed by atoms with E-state index in [1.165, 1.54) is 39.0 Å². The Labute approximate surface area is 180 Å². The number of hydrogen-bond acceptors (Lipinski definition) is 4. The molecule has 0 bridgehead atoms. The van der Waals surface area contributed by atoms with E-state index in [0.29, 0.717) is 0 Å². The van der Waals surface area contributed by atoms with Crippen LogP contribution in [0.3, 0.4) is 0 Å². The highest BCUT2D eigenvalue weighted by Crippen LogP contribution is 2.34. The quantitative estimate of drug-likeness (QED) is 0.260. The number of hydrogen-bond donors (Lipinski definition) is 0. The molecule has 2 aromatic carbocycles. The Morgan fingerprint density at radius 1 is 1.00 bits per heavy atom. The van der Waals surface area contributed by atoms with Crippen LogP contribution in [0.25, 0.3) is 0 Å². The molecule has 12 heteroatoms. The van der Waals surface area contributed by atoms with Gasteiger partial charge in [0.25, 0.3) is 0 Å². The summed E-state index contributed by atoms with van der Waals surface area (Å²) in [6, 6.07) is 4.85. The molecule has 0 saturated heterocycles. The van der Waals surface area contributed by atoms with Crippen molar-refractivity contribution >= 4 is 27.6 Å². The number of halogens is 6. The molecule has 0 aliphatic carbocycles. The lowest BCUT2D eigenvalue weighted by Gasteiger charge is -2.25. The molecule has 31 heavy (non-hydrogen) atoms. The predicted molar refractivity (Wildman–Crippen MR) is 101 cm³/mol. The molecule has 0 radical (unpaired) electrons. The van der Waals surface area contributed by atoms with E-state index in [-0.39, 0.29) is 9.87 Å². The van der Waals surface area contributed by atoms with Gasteiger partial charge in [-0.1, -0.05) is 29.8 Å². The van der Waals surface area contributed by atoms with Crippen LogP contribution in [-0.2, 0) is 26.1 Å². The maximum atomic E-state index is 14.3. The number of ether oxygens (including phenoxy) is 1. The summed E-state index contributed by atoms with van der Waals surface area (Å²) in [6.45, 7) is 2.54. The average molecular weight is 486 g/mol. The van der Waals surface area contributed by atoms with Crippen molar-refractivity contribution in [2.24, 2.45) is 0 Å². The van der Waals surface area contributed by atoms with E-state index in [4.69, 9.17) is 16.3 Å². The molecule has 0 atom stereocenters. The fourth-order valence-electron chi connectivity index (χ4n) is 2.50. The third kappa shape index (κ3) is 5.52. The lowest BCUT2D eigenvalue weighted by molar-refractivity contribution is -0.155. The molecule has 0 fully saturated rings. The van der Waals surface area contributed by atoms with E-state index >= 15 is 0 Å². The molecule has 0 N–H and O–H groups in total. The number of carbonyl (C=O) groups excluding carboxylic acids is 1. The topological polar surface area (TPSA) is 63.7 Å². The van der Waals surface area contributed by atoms with Crippen LogP contribution in [-0.4, -0.2) is 30.8 Å². The first-order valence-corrected chi connectivity index (χ1v) is 10.5. The zero-order chi connectivity index (χ0) is 23.7. The zero-order valence-corrected chi connectivity index (χ0v) is 18.1. The zero-order valence-electron chi connectivity index (χ0n) is 16.5. The first-order valence-electron chi connectivity index (χ1n) is 8.63. The second kappa shape index (κ2) is 9.09. The Bertz CT molecular complexity index is 1090. The molecule has 5 nitrogen and oxygen atoms in total. The summed E-state index contributed by atoms with van der Waals surface area (Å²) >= 11 is 5.46. The fraction of sp³-hybridized carbons (Fsp3) is 0.316. The van der Waals surface area contributed by atoms with Crippen molar-refractivity contribution in [1.82, 2.24) is 4.31 Å². The molecular weight excluding hydrogens is 469 g/mol. The summed E-state index contributed by atoms with van der Waals surface area (Å²) in [6.07, 6.45) is 0. The Balaban J connectivity index is 2.62. The molecule has 0 unspecified atom stereocenters. The normalized spacial score (nSPS) is 12.3. The Kier molecular flexibility index (Phi) is 7.34. The SMILES string of the molecule is CC(C)(C)OC(=O)CN(Cc1ccccc1F)S(=O)(=O)c1c(F)c(F)c(F)c(F)c1Cl. The minimum atomic E-state index is -5.28. The summed E-state index contributed by atoms with van der Waals surface area (Å²) in [5, 5.41) is -1.56. The smallest absolute Gasteiger partial charge is 0.321 e. The number of carbonyl (C=O) groups is 1. The second-order valence-electron chi connectivity index (χ2n) is 7.35. The van der Waals surface area contributed by atoms with Gasteiger partial charge in [-0.15, -0.1) is 0 Å². The molecule has 0 heterocycles. The Morgan fingerprint density at radius 3 is 2.10 bits per heavy atom. The molecular formula is C19H17ClF5NO4S. The predicted octanol–water partition coefficient (Wildman–Crippen LogP) is 4.57. The van der Waals surface area contributed by atoms with Gasteiger partial charge in [-0.2, -0.15) is 4.31 Å². The van der Waals surface area contributed by atoms with Gasteiger partial charge in [0.2, 0.25) is 10.0 Å². The average Bonchev–Trinajstić information content (AvgIpc) is 2.64. The Hall–Kier alpha value is -2.24. The largest absolute Gasteiger partial charge is 0.459 e. The van der Waals surface area contributed by atoms with Crippen molar-refractivity contribution in [3.05, 3.63) is 63.9 Å². The molecule has 2 rings (SSSR count). The van der Waals surface area contributed by atoms with Crippen LogP contribution in [0.5, 0.6) is 0 Å². The number of sulfonamides is 1. The highest BCUT2D eigenvalue weighted by atomic mass is 35.5. The van der Waals surface area contributed by atoms with Crippen LogP contribution in [0, 0.1) is 29.1 Å². The molecule has 2 aromatic rings. The van der Waals surface area contributed by atoms with Crippen LogP contribution in [0.2, 0.25) is 5.02 Å². The van der Waals surface area contributed by atoms with E-state index in [1.54, 1.807) is 0 Å². The fourth-order valence-corrected chi connectivity index (χ4v) is 4.43. The molecule has 170 valence electrons. The lowest BCUT2D eigenvalue weighted by atomic mass is 10.2. The van der Waals surface area contributed by atoms with E-state index in [2.05, 4.69) is 0 Å². The molecule has 0 aliphatic heterocycles. The Morgan fingerprint density at radius 2 is 1.55 bits per heavy atom. The van der Waals surface area contributed by atoms with Gasteiger partial charge >= 0.3 is 5.97 Å². The summed E-state index contributed by atoms with van der Waals surface area (Å²) in [5.41, 5.74) is -1.28. The summed E-state index contributed by atoms with van der Waals surface area (Å²) in [4.78, 5) is 10.5. The van der Waals surface area contributed by atoms with Gasteiger partial charge in [0, 0.05) is 12.1 Å². The van der Waals surface area contributed by atoms with Crippen molar-refractivity contribution in [2.75, 3.05) is 6.54 Å². The van der Waals surface area contributed by atoms with Gasteiger partial charge in [-0.25, -0.2) is 30.4 Å². The van der Waals surface area contributed by atoms with Gasteiger partial charge in [0.15, 0.2) is 23.3 Å². The van der Waals surface area contributed by atoms with Gasteiger partial charge in [0.05, 0.1) is 0 Å². The van der Waals surface area contributed by atoms with Crippen LogP contribution >= 0.6 is 11.6 Å². The van der Waals surface area contributed by atoms with Crippen molar-refractivity contribution in [3.63, 3.8) is 0 Å². The second-order valence-corrected chi connectivity index (χ2v) is 9.60. The first-order chi connectivity index (χ1) is 14.2. The summed E-state index contributed by atoms with van der Waals surface area (Å²) < 4.78 is 101. The van der Waals surface area contributed by atoms with Gasteiger partial charge < -0.3 is 4.74 Å². The molecule has 0 aromatic heterocycles. The lowest BCUT2D eigenvalue weighted by Crippen LogP contribution is -2.39. The molecule has 0 amide bonds. The van der Waals surface area contributed by atoms with Crippen molar-refractivity contribution in [1.29, 1.82) is 0 Å². The number of benzene rings is 2. The minimum absolute atomic E-state index is 0.223. The van der Waals surface area contributed by atoms with E-state index in [9.17, 15) is 35.2 Å². The van der Waals surface area contributed by atoms with Crippen LogP contribution in [0.4, 0.5) is 22.0 Å². The monoisotopic (exact) mass is 485 g/mol. The number of nitrogens with zero attached hydrogens (tertiary/aromatic N) is 1.